The minimum Gasteiger partial charge on any atom is -0.550 e. The second-order valence-electron chi connectivity index (χ2n) is 7.22. The SMILES string of the molecule is CCCc1c(OCc2cccn3c(=O)c(CCC(=O)[O-])cnc23)ccc(C(C)=O)c1O.[K+]. The summed E-state index contributed by atoms with van der Waals surface area (Å²) in [6.07, 6.45) is 4.01. The smallest absolute Gasteiger partial charge is 0.550 e. The van der Waals surface area contributed by atoms with Crippen LogP contribution in [0.5, 0.6) is 11.5 Å². The first-order chi connectivity index (χ1) is 14.8. The number of carbonyl (C=O) groups excluding carboxylic acids is 2. The summed E-state index contributed by atoms with van der Waals surface area (Å²) in [6.45, 7) is 3.44. The number of carboxylic acid groups (broad SMARTS) is 1. The number of phenols is 1. The van der Waals surface area contributed by atoms with Crippen molar-refractivity contribution in [3.05, 3.63) is 69.3 Å². The monoisotopic (exact) mass is 462 g/mol. The topological polar surface area (TPSA) is 121 Å². The standard InChI is InChI=1S/C23H24N2O6.K/c1-3-5-18-19(9-8-17(14(2)26)21(18)29)31-13-16-6-4-11-25-22(16)24-12-15(23(25)30)7-10-20(27)28;/h4,6,8-9,11-12,29H,3,5,7,10,13H2,1-2H3,(H,27,28);/q;+1/p-1. The molecule has 3 aromatic rings. The molecule has 0 amide bonds. The molecule has 0 spiro atoms. The molecule has 0 unspecified atom stereocenters. The van der Waals surface area contributed by atoms with Crippen molar-refractivity contribution in [1.29, 1.82) is 0 Å². The van der Waals surface area contributed by atoms with Gasteiger partial charge in [0.15, 0.2) is 5.78 Å². The van der Waals surface area contributed by atoms with Gasteiger partial charge in [-0.05, 0) is 44.4 Å². The Morgan fingerprint density at radius 3 is 2.59 bits per heavy atom. The number of benzene rings is 1. The van der Waals surface area contributed by atoms with Crippen LogP contribution in [0, 0.1) is 0 Å². The zero-order valence-electron chi connectivity index (χ0n) is 18.4. The molecule has 162 valence electrons. The van der Waals surface area contributed by atoms with Crippen LogP contribution in [0.25, 0.3) is 5.65 Å². The molecule has 32 heavy (non-hydrogen) atoms. The quantitative estimate of drug-likeness (QED) is 0.314. The van der Waals surface area contributed by atoms with Crippen molar-refractivity contribution in [2.45, 2.75) is 46.1 Å². The first-order valence-electron chi connectivity index (χ1n) is 10.00. The largest absolute Gasteiger partial charge is 1.00 e. The number of ether oxygens (including phenoxy) is 1. The second-order valence-corrected chi connectivity index (χ2v) is 7.22. The van der Waals surface area contributed by atoms with E-state index in [4.69, 9.17) is 4.74 Å². The summed E-state index contributed by atoms with van der Waals surface area (Å²) >= 11 is 0. The third kappa shape index (κ3) is 5.84. The number of rotatable bonds is 9. The molecule has 0 saturated carbocycles. The molecular weight excluding hydrogens is 439 g/mol. The molecule has 1 N–H and O–H groups in total. The van der Waals surface area contributed by atoms with Gasteiger partial charge in [0.1, 0.15) is 23.8 Å². The first-order valence-corrected chi connectivity index (χ1v) is 10.00. The molecule has 9 heteroatoms. The van der Waals surface area contributed by atoms with Gasteiger partial charge in [-0.25, -0.2) is 4.98 Å². The van der Waals surface area contributed by atoms with Crippen molar-refractivity contribution < 1.29 is 75.9 Å². The van der Waals surface area contributed by atoms with Crippen LogP contribution in [0.15, 0.2) is 41.5 Å². The first kappa shape index (κ1) is 26.2. The van der Waals surface area contributed by atoms with E-state index in [1.165, 1.54) is 23.6 Å². The molecular formula is C23H23KN2O6. The number of phenolic OH excluding ortho intramolecular Hbond substituents is 1. The van der Waals surface area contributed by atoms with E-state index in [9.17, 15) is 24.6 Å². The Morgan fingerprint density at radius 1 is 1.19 bits per heavy atom. The van der Waals surface area contributed by atoms with Crippen molar-refractivity contribution in [1.82, 2.24) is 9.38 Å². The van der Waals surface area contributed by atoms with E-state index in [0.717, 1.165) is 6.42 Å². The fraction of sp³-hybridized carbons (Fsp3) is 0.304. The van der Waals surface area contributed by atoms with Gasteiger partial charge in [0.25, 0.3) is 5.56 Å². The molecule has 1 aromatic carbocycles. The zero-order chi connectivity index (χ0) is 22.5. The Labute approximate surface area is 227 Å². The Hall–Kier alpha value is -2.04. The van der Waals surface area contributed by atoms with Crippen LogP contribution in [0.1, 0.15) is 53.7 Å². The molecule has 0 fully saturated rings. The number of aryl methyl sites for hydroxylation is 1. The number of Topliss-reactive ketones (excluding diaryl/α,β-unsaturated/α-hetero) is 1. The van der Waals surface area contributed by atoms with E-state index < -0.39 is 5.97 Å². The summed E-state index contributed by atoms with van der Waals surface area (Å²) in [5.74, 6) is -1.07. The van der Waals surface area contributed by atoms with E-state index in [1.54, 1.807) is 24.4 Å². The Kier molecular flexibility index (Phi) is 9.59. The van der Waals surface area contributed by atoms with Gasteiger partial charge in [0.05, 0.1) is 5.56 Å². The molecule has 0 saturated heterocycles. The van der Waals surface area contributed by atoms with E-state index in [2.05, 4.69) is 4.98 Å². The van der Waals surface area contributed by atoms with Gasteiger partial charge in [-0.1, -0.05) is 19.4 Å². The van der Waals surface area contributed by atoms with Crippen LogP contribution in [0.4, 0.5) is 0 Å². The fourth-order valence-corrected chi connectivity index (χ4v) is 3.41. The summed E-state index contributed by atoms with van der Waals surface area (Å²) in [5, 5.41) is 21.2. The number of aliphatic carboxylic acids is 1. The van der Waals surface area contributed by atoms with Gasteiger partial charge in [0.2, 0.25) is 0 Å². The van der Waals surface area contributed by atoms with E-state index in [1.807, 2.05) is 6.92 Å². The summed E-state index contributed by atoms with van der Waals surface area (Å²) < 4.78 is 7.29. The predicted molar refractivity (Wildman–Crippen MR) is 111 cm³/mol. The van der Waals surface area contributed by atoms with E-state index in [-0.39, 0.29) is 99.1 Å². The van der Waals surface area contributed by atoms with Gasteiger partial charge < -0.3 is 19.7 Å². The molecule has 0 bridgehead atoms. The fourth-order valence-electron chi connectivity index (χ4n) is 3.41. The second kappa shape index (κ2) is 11.7. The minimum atomic E-state index is -1.23. The number of carboxylic acids is 1. The van der Waals surface area contributed by atoms with Crippen molar-refractivity contribution in [3.63, 3.8) is 0 Å². The number of ketones is 1. The number of aromatic nitrogens is 2. The molecule has 0 aliphatic rings. The Balaban J connectivity index is 0.00000363. The molecule has 0 radical (unpaired) electrons. The third-order valence-electron chi connectivity index (χ3n) is 4.98. The maximum absolute atomic E-state index is 12.7. The Bertz CT molecular complexity index is 1210. The summed E-state index contributed by atoms with van der Waals surface area (Å²) in [7, 11) is 0. The molecule has 3 rings (SSSR count). The number of hydrogen-bond donors (Lipinski definition) is 1. The van der Waals surface area contributed by atoms with Gasteiger partial charge >= 0.3 is 51.4 Å². The summed E-state index contributed by atoms with van der Waals surface area (Å²) in [4.78, 5) is 39.4. The van der Waals surface area contributed by atoms with Crippen molar-refractivity contribution in [3.8, 4) is 11.5 Å². The number of aromatic hydroxyl groups is 1. The average molecular weight is 463 g/mol. The van der Waals surface area contributed by atoms with Crippen molar-refractivity contribution >= 4 is 17.4 Å². The molecule has 8 nitrogen and oxygen atoms in total. The van der Waals surface area contributed by atoms with Gasteiger partial charge in [-0.15, -0.1) is 0 Å². The molecule has 0 aliphatic carbocycles. The van der Waals surface area contributed by atoms with Gasteiger partial charge in [-0.3, -0.25) is 14.0 Å². The van der Waals surface area contributed by atoms with Crippen LogP contribution in [0.2, 0.25) is 0 Å². The normalized spacial score (nSPS) is 10.6. The zero-order valence-corrected chi connectivity index (χ0v) is 21.5. The number of carbonyl (C=O) groups is 2. The van der Waals surface area contributed by atoms with Crippen LogP contribution < -0.4 is 66.8 Å². The van der Waals surface area contributed by atoms with Gasteiger partial charge in [0, 0.05) is 35.1 Å². The molecule has 2 heterocycles. The maximum Gasteiger partial charge on any atom is 1.00 e. The van der Waals surface area contributed by atoms with Gasteiger partial charge in [-0.2, -0.15) is 0 Å². The number of nitrogens with zero attached hydrogens (tertiary/aromatic N) is 2. The van der Waals surface area contributed by atoms with Crippen LogP contribution in [0.3, 0.4) is 0 Å². The van der Waals surface area contributed by atoms with E-state index >= 15 is 0 Å². The van der Waals surface area contributed by atoms with E-state index in [0.29, 0.717) is 28.9 Å². The molecule has 2 aromatic heterocycles. The number of hydrogen-bond acceptors (Lipinski definition) is 7. The molecule has 0 aliphatic heterocycles. The van der Waals surface area contributed by atoms with Crippen LogP contribution in [-0.2, 0) is 24.2 Å². The minimum absolute atomic E-state index is 0. The Morgan fingerprint density at radius 2 is 1.94 bits per heavy atom. The predicted octanol–water partition coefficient (Wildman–Crippen LogP) is -1.18. The van der Waals surface area contributed by atoms with Crippen molar-refractivity contribution in [2.24, 2.45) is 0 Å². The summed E-state index contributed by atoms with van der Waals surface area (Å²) in [5.41, 5.74) is 1.79. The average Bonchev–Trinajstić information content (AvgIpc) is 2.73. The molecule has 0 atom stereocenters. The summed E-state index contributed by atoms with van der Waals surface area (Å²) in [6, 6.07) is 6.64. The van der Waals surface area contributed by atoms with Crippen molar-refractivity contribution in [2.75, 3.05) is 0 Å². The maximum atomic E-state index is 12.7. The van der Waals surface area contributed by atoms with Crippen LogP contribution in [-0.4, -0.2) is 26.2 Å². The van der Waals surface area contributed by atoms with Crippen LogP contribution >= 0.6 is 0 Å². The number of pyridine rings is 1. The third-order valence-corrected chi connectivity index (χ3v) is 4.98. The number of fused-ring (bicyclic) bond motifs is 1.